The topological polar surface area (TPSA) is 63.5 Å². The zero-order chi connectivity index (χ0) is 14.0. The summed E-state index contributed by atoms with van der Waals surface area (Å²) in [5.41, 5.74) is 0.670. The summed E-state index contributed by atoms with van der Waals surface area (Å²) in [6.45, 7) is 4.43. The third-order valence-electron chi connectivity index (χ3n) is 3.10. The second kappa shape index (κ2) is 5.61. The van der Waals surface area contributed by atoms with E-state index in [0.717, 1.165) is 0 Å². The van der Waals surface area contributed by atoms with Gasteiger partial charge in [-0.1, -0.05) is 32.0 Å². The van der Waals surface area contributed by atoms with Gasteiger partial charge in [-0.25, -0.2) is 0 Å². The molecule has 1 aromatic carbocycles. The minimum atomic E-state index is -0.395. The van der Waals surface area contributed by atoms with Crippen LogP contribution in [0.2, 0.25) is 0 Å². The number of carbonyl (C=O) groups excluding carboxylic acids is 1. The minimum Gasteiger partial charge on any atom is -0.325 e. The number of nitro groups is 1. The maximum absolute atomic E-state index is 11.9. The van der Waals surface area contributed by atoms with E-state index in [1.165, 1.54) is 6.07 Å². The van der Waals surface area contributed by atoms with Crippen molar-refractivity contribution in [3.05, 3.63) is 39.9 Å². The molecule has 5 nitrogen and oxygen atoms in total. The van der Waals surface area contributed by atoms with E-state index in [0.29, 0.717) is 23.8 Å². The van der Waals surface area contributed by atoms with Crippen LogP contribution in [0.1, 0.15) is 19.4 Å². The van der Waals surface area contributed by atoms with Gasteiger partial charge in [-0.3, -0.25) is 14.9 Å². The first-order valence-corrected chi connectivity index (χ1v) is 7.19. The molecule has 0 spiro atoms. The van der Waals surface area contributed by atoms with Crippen molar-refractivity contribution >= 4 is 23.4 Å². The van der Waals surface area contributed by atoms with E-state index in [1.54, 1.807) is 34.9 Å². The van der Waals surface area contributed by atoms with Gasteiger partial charge in [0.25, 0.3) is 5.69 Å². The predicted octanol–water partition coefficient (Wildman–Crippen LogP) is 2.65. The molecule has 1 aromatic rings. The molecule has 1 heterocycles. The number of benzene rings is 1. The van der Waals surface area contributed by atoms with Crippen molar-refractivity contribution in [1.82, 2.24) is 4.90 Å². The SMILES string of the molecule is CC(C)C1SCC(=O)N1Cc1ccccc1[N+](=O)[O-]. The van der Waals surface area contributed by atoms with Gasteiger partial charge < -0.3 is 4.90 Å². The Labute approximate surface area is 116 Å². The number of amides is 1. The Balaban J connectivity index is 2.25. The lowest BCUT2D eigenvalue weighted by Gasteiger charge is -2.26. The molecule has 102 valence electrons. The summed E-state index contributed by atoms with van der Waals surface area (Å²) in [4.78, 5) is 24.3. The van der Waals surface area contributed by atoms with Crippen LogP contribution in [0, 0.1) is 16.0 Å². The molecule has 2 rings (SSSR count). The molecule has 1 aliphatic heterocycles. The fraction of sp³-hybridized carbons (Fsp3) is 0.462. The number of nitrogens with zero attached hydrogens (tertiary/aromatic N) is 2. The first kappa shape index (κ1) is 13.9. The number of thioether (sulfide) groups is 1. The normalized spacial score (nSPS) is 19.2. The molecular formula is C13H16N2O3S. The Bertz CT molecular complexity index is 504. The summed E-state index contributed by atoms with van der Waals surface area (Å²) >= 11 is 1.61. The van der Waals surface area contributed by atoms with Crippen LogP contribution in [0.3, 0.4) is 0 Å². The van der Waals surface area contributed by atoms with E-state index < -0.39 is 4.92 Å². The average molecular weight is 280 g/mol. The lowest BCUT2D eigenvalue weighted by Crippen LogP contribution is -2.35. The van der Waals surface area contributed by atoms with Crippen LogP contribution in [0.25, 0.3) is 0 Å². The van der Waals surface area contributed by atoms with Gasteiger partial charge >= 0.3 is 0 Å². The summed E-state index contributed by atoms with van der Waals surface area (Å²) in [5, 5.41) is 11.1. The molecule has 0 saturated carbocycles. The second-order valence-electron chi connectivity index (χ2n) is 4.85. The second-order valence-corrected chi connectivity index (χ2v) is 5.96. The van der Waals surface area contributed by atoms with Gasteiger partial charge in [-0.15, -0.1) is 11.8 Å². The standard InChI is InChI=1S/C13H16N2O3S/c1-9(2)13-14(12(16)8-19-13)7-10-5-3-4-6-11(10)15(17)18/h3-6,9,13H,7-8H2,1-2H3. The van der Waals surface area contributed by atoms with Gasteiger partial charge in [0.2, 0.25) is 5.91 Å². The van der Waals surface area contributed by atoms with Crippen molar-refractivity contribution in [3.63, 3.8) is 0 Å². The zero-order valence-corrected chi connectivity index (χ0v) is 11.7. The Hall–Kier alpha value is -1.56. The molecule has 1 unspecified atom stereocenters. The maximum atomic E-state index is 11.9. The van der Waals surface area contributed by atoms with Gasteiger partial charge in [-0.2, -0.15) is 0 Å². The largest absolute Gasteiger partial charge is 0.325 e. The molecular weight excluding hydrogens is 264 g/mol. The first-order valence-electron chi connectivity index (χ1n) is 6.14. The van der Waals surface area contributed by atoms with E-state index in [9.17, 15) is 14.9 Å². The van der Waals surface area contributed by atoms with E-state index in [1.807, 2.05) is 0 Å². The maximum Gasteiger partial charge on any atom is 0.274 e. The molecule has 0 radical (unpaired) electrons. The van der Waals surface area contributed by atoms with Crippen molar-refractivity contribution in [2.45, 2.75) is 25.8 Å². The number of nitro benzene ring substituents is 1. The third-order valence-corrected chi connectivity index (χ3v) is 4.66. The summed E-state index contributed by atoms with van der Waals surface area (Å²) in [6, 6.07) is 6.60. The molecule has 19 heavy (non-hydrogen) atoms. The molecule has 6 heteroatoms. The number of hydrogen-bond acceptors (Lipinski definition) is 4. The Morgan fingerprint density at radius 1 is 1.47 bits per heavy atom. The van der Waals surface area contributed by atoms with Crippen molar-refractivity contribution in [1.29, 1.82) is 0 Å². The van der Waals surface area contributed by atoms with Gasteiger partial charge in [0, 0.05) is 11.6 Å². The van der Waals surface area contributed by atoms with Crippen molar-refractivity contribution in [2.75, 3.05) is 5.75 Å². The van der Waals surface area contributed by atoms with Gasteiger partial charge in [-0.05, 0) is 5.92 Å². The highest BCUT2D eigenvalue weighted by atomic mass is 32.2. The molecule has 1 amide bonds. The first-order chi connectivity index (χ1) is 9.00. The highest BCUT2D eigenvalue weighted by molar-refractivity contribution is 8.01. The van der Waals surface area contributed by atoms with Crippen LogP contribution in [-0.4, -0.2) is 26.9 Å². The van der Waals surface area contributed by atoms with Gasteiger partial charge in [0.1, 0.15) is 0 Å². The molecule has 0 aromatic heterocycles. The fourth-order valence-corrected chi connectivity index (χ4v) is 3.44. The Morgan fingerprint density at radius 3 is 2.79 bits per heavy atom. The molecule has 1 aliphatic rings. The molecule has 1 atom stereocenters. The summed E-state index contributed by atoms with van der Waals surface area (Å²) in [7, 11) is 0. The van der Waals surface area contributed by atoms with Crippen LogP contribution in [0.15, 0.2) is 24.3 Å². The van der Waals surface area contributed by atoms with Crippen molar-refractivity contribution in [3.8, 4) is 0 Å². The Morgan fingerprint density at radius 2 is 2.16 bits per heavy atom. The Kier molecular flexibility index (Phi) is 4.09. The average Bonchev–Trinajstić information content (AvgIpc) is 2.72. The monoisotopic (exact) mass is 280 g/mol. The van der Waals surface area contributed by atoms with Crippen LogP contribution in [0.5, 0.6) is 0 Å². The van der Waals surface area contributed by atoms with Crippen molar-refractivity contribution in [2.24, 2.45) is 5.92 Å². The number of hydrogen-bond donors (Lipinski definition) is 0. The van der Waals surface area contributed by atoms with Crippen LogP contribution >= 0.6 is 11.8 Å². The van der Waals surface area contributed by atoms with E-state index in [-0.39, 0.29) is 17.0 Å². The number of para-hydroxylation sites is 1. The number of rotatable bonds is 4. The number of carbonyl (C=O) groups is 1. The lowest BCUT2D eigenvalue weighted by atomic mass is 10.1. The van der Waals surface area contributed by atoms with Gasteiger partial charge in [0.05, 0.1) is 22.6 Å². The molecule has 0 N–H and O–H groups in total. The molecule has 1 saturated heterocycles. The van der Waals surface area contributed by atoms with Crippen LogP contribution < -0.4 is 0 Å². The summed E-state index contributed by atoms with van der Waals surface area (Å²) in [5.74, 6) is 0.852. The minimum absolute atomic E-state index is 0.0573. The zero-order valence-electron chi connectivity index (χ0n) is 10.9. The lowest BCUT2D eigenvalue weighted by molar-refractivity contribution is -0.385. The highest BCUT2D eigenvalue weighted by Crippen LogP contribution is 2.33. The molecule has 0 bridgehead atoms. The van der Waals surface area contributed by atoms with Crippen LogP contribution in [-0.2, 0) is 11.3 Å². The third kappa shape index (κ3) is 2.89. The van der Waals surface area contributed by atoms with E-state index in [4.69, 9.17) is 0 Å². The summed E-state index contributed by atoms with van der Waals surface area (Å²) < 4.78 is 0. The van der Waals surface area contributed by atoms with E-state index in [2.05, 4.69) is 13.8 Å². The van der Waals surface area contributed by atoms with Crippen molar-refractivity contribution < 1.29 is 9.72 Å². The summed E-state index contributed by atoms with van der Waals surface area (Å²) in [6.07, 6.45) is 0. The smallest absolute Gasteiger partial charge is 0.274 e. The van der Waals surface area contributed by atoms with Gasteiger partial charge in [0.15, 0.2) is 0 Å². The quantitative estimate of drug-likeness (QED) is 0.628. The molecule has 0 aliphatic carbocycles. The predicted molar refractivity (Wildman–Crippen MR) is 74.7 cm³/mol. The fourth-order valence-electron chi connectivity index (χ4n) is 2.21. The van der Waals surface area contributed by atoms with E-state index >= 15 is 0 Å². The molecule has 1 fully saturated rings. The van der Waals surface area contributed by atoms with Crippen LogP contribution in [0.4, 0.5) is 5.69 Å². The highest BCUT2D eigenvalue weighted by Gasteiger charge is 2.34.